The average Bonchev–Trinajstić information content (AvgIpc) is 2.94. The van der Waals surface area contributed by atoms with Gasteiger partial charge < -0.3 is 9.52 Å². The van der Waals surface area contributed by atoms with Gasteiger partial charge in [0.15, 0.2) is 0 Å². The molecule has 0 radical (unpaired) electrons. The molecule has 0 aliphatic carbocycles. The van der Waals surface area contributed by atoms with E-state index in [2.05, 4.69) is 4.98 Å². The van der Waals surface area contributed by atoms with E-state index in [1.165, 1.54) is 12.1 Å². The van der Waals surface area contributed by atoms with Crippen LogP contribution >= 0.6 is 0 Å². The number of aromatic nitrogens is 1. The third kappa shape index (κ3) is 1.80. The van der Waals surface area contributed by atoms with Crippen molar-refractivity contribution in [2.75, 3.05) is 0 Å². The standard InChI is InChI=1S/C15H8N2O3/c16-8-10-7-9(15(18)19)1-2-11(10)14-12-4-6-20-13(12)3-5-17-14/h1-7H,(H,18,19). The fraction of sp³-hybridized carbons (Fsp3) is 0. The third-order valence-electron chi connectivity index (χ3n) is 3.02. The Kier molecular flexibility index (Phi) is 2.70. The molecule has 5 nitrogen and oxygen atoms in total. The smallest absolute Gasteiger partial charge is 0.335 e. The summed E-state index contributed by atoms with van der Waals surface area (Å²) in [7, 11) is 0. The molecule has 1 aromatic carbocycles. The first-order chi connectivity index (χ1) is 9.70. The Morgan fingerprint density at radius 2 is 2.15 bits per heavy atom. The van der Waals surface area contributed by atoms with Crippen molar-refractivity contribution in [3.05, 3.63) is 53.9 Å². The summed E-state index contributed by atoms with van der Waals surface area (Å²) in [6.45, 7) is 0. The van der Waals surface area contributed by atoms with Gasteiger partial charge in [-0.05, 0) is 24.3 Å². The molecule has 0 spiro atoms. The Morgan fingerprint density at radius 3 is 2.90 bits per heavy atom. The number of furan rings is 1. The minimum absolute atomic E-state index is 0.0738. The van der Waals surface area contributed by atoms with Crippen LogP contribution in [0.1, 0.15) is 15.9 Å². The number of carbonyl (C=O) groups is 1. The maximum Gasteiger partial charge on any atom is 0.335 e. The lowest BCUT2D eigenvalue weighted by atomic mass is 10.00. The van der Waals surface area contributed by atoms with Crippen molar-refractivity contribution < 1.29 is 14.3 Å². The van der Waals surface area contributed by atoms with Crippen molar-refractivity contribution in [2.45, 2.75) is 0 Å². The summed E-state index contributed by atoms with van der Waals surface area (Å²) >= 11 is 0. The van der Waals surface area contributed by atoms with Crippen LogP contribution < -0.4 is 0 Å². The maximum absolute atomic E-state index is 10.9. The summed E-state index contributed by atoms with van der Waals surface area (Å²) in [4.78, 5) is 15.2. The molecule has 0 atom stereocenters. The van der Waals surface area contributed by atoms with Crippen molar-refractivity contribution in [2.24, 2.45) is 0 Å². The topological polar surface area (TPSA) is 87.1 Å². The number of nitrogens with zero attached hydrogens (tertiary/aromatic N) is 2. The van der Waals surface area contributed by atoms with Crippen LogP contribution in [0.15, 0.2) is 47.2 Å². The third-order valence-corrected chi connectivity index (χ3v) is 3.02. The van der Waals surface area contributed by atoms with Crippen LogP contribution in [0.4, 0.5) is 0 Å². The van der Waals surface area contributed by atoms with Crippen molar-refractivity contribution in [3.8, 4) is 17.3 Å². The Balaban J connectivity index is 2.27. The molecule has 3 rings (SSSR count). The second-order valence-corrected chi connectivity index (χ2v) is 4.17. The molecule has 1 N–H and O–H groups in total. The monoisotopic (exact) mass is 264 g/mol. The van der Waals surface area contributed by atoms with Gasteiger partial charge in [0.2, 0.25) is 0 Å². The van der Waals surface area contributed by atoms with E-state index in [9.17, 15) is 10.1 Å². The summed E-state index contributed by atoms with van der Waals surface area (Å²) in [6, 6.07) is 9.91. The van der Waals surface area contributed by atoms with Gasteiger partial charge in [-0.2, -0.15) is 5.26 Å². The Labute approximate surface area is 113 Å². The second-order valence-electron chi connectivity index (χ2n) is 4.17. The predicted octanol–water partition coefficient (Wildman–Crippen LogP) is 3.06. The molecule has 0 unspecified atom stereocenters. The minimum Gasteiger partial charge on any atom is -0.478 e. The fourth-order valence-corrected chi connectivity index (χ4v) is 2.09. The van der Waals surface area contributed by atoms with Gasteiger partial charge in [-0.15, -0.1) is 0 Å². The lowest BCUT2D eigenvalue weighted by molar-refractivity contribution is 0.0697. The number of fused-ring (bicyclic) bond motifs is 1. The van der Waals surface area contributed by atoms with Crippen LogP contribution in [-0.4, -0.2) is 16.1 Å². The van der Waals surface area contributed by atoms with Crippen LogP contribution in [0.2, 0.25) is 0 Å². The molecule has 3 aromatic rings. The van der Waals surface area contributed by atoms with E-state index in [1.807, 2.05) is 6.07 Å². The number of aromatic carboxylic acids is 1. The summed E-state index contributed by atoms with van der Waals surface area (Å²) < 4.78 is 5.30. The van der Waals surface area contributed by atoms with Gasteiger partial charge >= 0.3 is 5.97 Å². The lowest BCUT2D eigenvalue weighted by Crippen LogP contribution is -1.98. The van der Waals surface area contributed by atoms with Crippen molar-refractivity contribution in [1.29, 1.82) is 5.26 Å². The average molecular weight is 264 g/mol. The molecule has 2 heterocycles. The van der Waals surface area contributed by atoms with Crippen LogP contribution in [0, 0.1) is 11.3 Å². The summed E-state index contributed by atoms with van der Waals surface area (Å²) in [5.41, 5.74) is 2.20. The van der Waals surface area contributed by atoms with E-state index in [1.54, 1.807) is 30.7 Å². The quantitative estimate of drug-likeness (QED) is 0.768. The van der Waals surface area contributed by atoms with E-state index in [0.29, 0.717) is 16.8 Å². The molecule has 2 aromatic heterocycles. The fourth-order valence-electron chi connectivity index (χ4n) is 2.09. The molecule has 5 heteroatoms. The van der Waals surface area contributed by atoms with Gasteiger partial charge in [0.05, 0.1) is 29.2 Å². The largest absolute Gasteiger partial charge is 0.478 e. The summed E-state index contributed by atoms with van der Waals surface area (Å²) in [5, 5.41) is 19.0. The second kappa shape index (κ2) is 4.52. The summed E-state index contributed by atoms with van der Waals surface area (Å²) in [6.07, 6.45) is 3.14. The zero-order valence-electron chi connectivity index (χ0n) is 10.2. The zero-order chi connectivity index (χ0) is 14.1. The highest BCUT2D eigenvalue weighted by Gasteiger charge is 2.14. The molecule has 0 saturated heterocycles. The van der Waals surface area contributed by atoms with E-state index in [4.69, 9.17) is 9.52 Å². The molecule has 0 aliphatic rings. The molecule has 0 aliphatic heterocycles. The molecule has 96 valence electrons. The van der Waals surface area contributed by atoms with Crippen molar-refractivity contribution in [3.63, 3.8) is 0 Å². The molecule has 0 fully saturated rings. The van der Waals surface area contributed by atoms with Gasteiger partial charge in [-0.25, -0.2) is 4.79 Å². The highest BCUT2D eigenvalue weighted by Crippen LogP contribution is 2.29. The first-order valence-electron chi connectivity index (χ1n) is 5.81. The van der Waals surface area contributed by atoms with Crippen LogP contribution in [0.3, 0.4) is 0 Å². The number of carboxylic acid groups (broad SMARTS) is 1. The molecule has 20 heavy (non-hydrogen) atoms. The van der Waals surface area contributed by atoms with Gasteiger partial charge in [0.1, 0.15) is 5.58 Å². The SMILES string of the molecule is N#Cc1cc(C(=O)O)ccc1-c1nccc2occc12. The number of carboxylic acids is 1. The lowest BCUT2D eigenvalue weighted by Gasteiger charge is -2.05. The number of nitriles is 1. The number of rotatable bonds is 2. The van der Waals surface area contributed by atoms with E-state index < -0.39 is 5.97 Å². The van der Waals surface area contributed by atoms with Crippen molar-refractivity contribution in [1.82, 2.24) is 4.98 Å². The van der Waals surface area contributed by atoms with Crippen molar-refractivity contribution >= 4 is 16.9 Å². The Morgan fingerprint density at radius 1 is 1.30 bits per heavy atom. The molecule has 0 bridgehead atoms. The van der Waals surface area contributed by atoms with Crippen LogP contribution in [-0.2, 0) is 0 Å². The predicted molar refractivity (Wildman–Crippen MR) is 71.1 cm³/mol. The van der Waals surface area contributed by atoms with Crippen LogP contribution in [0.5, 0.6) is 0 Å². The number of pyridine rings is 1. The van der Waals surface area contributed by atoms with Gasteiger partial charge in [0.25, 0.3) is 0 Å². The Hall–Kier alpha value is -3.13. The Bertz CT molecular complexity index is 859. The van der Waals surface area contributed by atoms with E-state index >= 15 is 0 Å². The van der Waals surface area contributed by atoms with Gasteiger partial charge in [-0.3, -0.25) is 4.98 Å². The van der Waals surface area contributed by atoms with E-state index in [-0.39, 0.29) is 11.1 Å². The molecule has 0 amide bonds. The number of benzene rings is 1. The van der Waals surface area contributed by atoms with Crippen LogP contribution in [0.25, 0.3) is 22.2 Å². The first kappa shape index (κ1) is 11.9. The first-order valence-corrected chi connectivity index (χ1v) is 5.81. The number of hydrogen-bond donors (Lipinski definition) is 1. The zero-order valence-corrected chi connectivity index (χ0v) is 10.2. The van der Waals surface area contributed by atoms with Gasteiger partial charge in [-0.1, -0.05) is 6.07 Å². The highest BCUT2D eigenvalue weighted by molar-refractivity contribution is 5.94. The highest BCUT2D eigenvalue weighted by atomic mass is 16.4. The number of hydrogen-bond acceptors (Lipinski definition) is 4. The normalized spacial score (nSPS) is 10.3. The summed E-state index contributed by atoms with van der Waals surface area (Å²) in [5.74, 6) is -1.07. The minimum atomic E-state index is -1.07. The van der Waals surface area contributed by atoms with E-state index in [0.717, 1.165) is 5.39 Å². The maximum atomic E-state index is 10.9. The molecular weight excluding hydrogens is 256 g/mol. The van der Waals surface area contributed by atoms with Gasteiger partial charge in [0, 0.05) is 17.1 Å². The molecule has 0 saturated carbocycles. The molecular formula is C15H8N2O3.